The first kappa shape index (κ1) is 17.8. The van der Waals surface area contributed by atoms with Gasteiger partial charge in [0.2, 0.25) is 0 Å². The molecule has 0 aliphatic rings. The lowest BCUT2D eigenvalue weighted by atomic mass is 10.1. The molecule has 0 spiro atoms. The SMILES string of the molecule is CCOC(=O)NN=Cc1ccc(OCCC(C)C)c(OC)c1. The fraction of sp³-hybridized carbons (Fsp3) is 0.500. The fourth-order valence-corrected chi connectivity index (χ4v) is 1.61. The van der Waals surface area contributed by atoms with E-state index in [0.717, 1.165) is 12.0 Å². The summed E-state index contributed by atoms with van der Waals surface area (Å²) in [5.41, 5.74) is 3.05. The largest absolute Gasteiger partial charge is 0.493 e. The topological polar surface area (TPSA) is 69.2 Å². The van der Waals surface area contributed by atoms with Gasteiger partial charge in [0.1, 0.15) is 0 Å². The molecular weight excluding hydrogens is 284 g/mol. The van der Waals surface area contributed by atoms with Crippen LogP contribution in [-0.4, -0.2) is 32.6 Å². The van der Waals surface area contributed by atoms with Crippen molar-refractivity contribution in [1.82, 2.24) is 5.43 Å². The van der Waals surface area contributed by atoms with Crippen LogP contribution in [0.3, 0.4) is 0 Å². The van der Waals surface area contributed by atoms with Crippen LogP contribution < -0.4 is 14.9 Å². The first-order valence-electron chi connectivity index (χ1n) is 7.33. The third-order valence-corrected chi connectivity index (χ3v) is 2.79. The third-order valence-electron chi connectivity index (χ3n) is 2.79. The van der Waals surface area contributed by atoms with Gasteiger partial charge < -0.3 is 14.2 Å². The number of hydrogen-bond acceptors (Lipinski definition) is 5. The predicted molar refractivity (Wildman–Crippen MR) is 85.7 cm³/mol. The van der Waals surface area contributed by atoms with Crippen molar-refractivity contribution >= 4 is 12.3 Å². The average Bonchev–Trinajstić information content (AvgIpc) is 2.48. The number of nitrogens with zero attached hydrogens (tertiary/aromatic N) is 1. The molecule has 6 heteroatoms. The van der Waals surface area contributed by atoms with Crippen molar-refractivity contribution in [2.45, 2.75) is 27.2 Å². The molecule has 0 fully saturated rings. The van der Waals surface area contributed by atoms with Gasteiger partial charge in [-0.15, -0.1) is 0 Å². The van der Waals surface area contributed by atoms with Gasteiger partial charge in [0, 0.05) is 0 Å². The molecule has 1 aromatic rings. The minimum atomic E-state index is -0.584. The summed E-state index contributed by atoms with van der Waals surface area (Å²) in [5.74, 6) is 1.91. The molecule has 0 atom stereocenters. The lowest BCUT2D eigenvalue weighted by Crippen LogP contribution is -2.18. The second kappa shape index (κ2) is 9.65. The Labute approximate surface area is 131 Å². The number of ether oxygens (including phenoxy) is 3. The highest BCUT2D eigenvalue weighted by Gasteiger charge is 2.06. The van der Waals surface area contributed by atoms with Gasteiger partial charge in [-0.1, -0.05) is 13.8 Å². The third kappa shape index (κ3) is 6.47. The highest BCUT2D eigenvalue weighted by Crippen LogP contribution is 2.27. The minimum Gasteiger partial charge on any atom is -0.493 e. The number of amides is 1. The van der Waals surface area contributed by atoms with Crippen molar-refractivity contribution in [3.63, 3.8) is 0 Å². The van der Waals surface area contributed by atoms with Gasteiger partial charge in [-0.3, -0.25) is 0 Å². The van der Waals surface area contributed by atoms with E-state index in [1.165, 1.54) is 6.21 Å². The quantitative estimate of drug-likeness (QED) is 0.591. The van der Waals surface area contributed by atoms with Crippen LogP contribution in [0.2, 0.25) is 0 Å². The van der Waals surface area contributed by atoms with E-state index >= 15 is 0 Å². The number of carbonyl (C=O) groups is 1. The van der Waals surface area contributed by atoms with Crippen molar-refractivity contribution in [1.29, 1.82) is 0 Å². The van der Waals surface area contributed by atoms with E-state index in [1.807, 2.05) is 12.1 Å². The van der Waals surface area contributed by atoms with Crippen molar-refractivity contribution in [2.75, 3.05) is 20.3 Å². The Bertz CT molecular complexity index is 501. The van der Waals surface area contributed by atoms with Crippen molar-refractivity contribution in [2.24, 2.45) is 11.0 Å². The van der Waals surface area contributed by atoms with E-state index in [2.05, 4.69) is 24.4 Å². The Morgan fingerprint density at radius 3 is 2.77 bits per heavy atom. The molecule has 0 radical (unpaired) electrons. The van der Waals surface area contributed by atoms with Gasteiger partial charge >= 0.3 is 6.09 Å². The molecule has 0 heterocycles. The van der Waals surface area contributed by atoms with Crippen LogP contribution in [0.15, 0.2) is 23.3 Å². The molecule has 0 saturated carbocycles. The summed E-state index contributed by atoms with van der Waals surface area (Å²) >= 11 is 0. The average molecular weight is 308 g/mol. The van der Waals surface area contributed by atoms with Crippen molar-refractivity contribution < 1.29 is 19.0 Å². The van der Waals surface area contributed by atoms with Crippen LogP contribution in [0.1, 0.15) is 32.8 Å². The summed E-state index contributed by atoms with van der Waals surface area (Å²) in [6, 6.07) is 5.45. The monoisotopic (exact) mass is 308 g/mol. The Kier molecular flexibility index (Phi) is 7.81. The van der Waals surface area contributed by atoms with Crippen LogP contribution in [0, 0.1) is 5.92 Å². The molecule has 0 aliphatic carbocycles. The molecule has 1 amide bonds. The second-order valence-corrected chi connectivity index (χ2v) is 5.03. The molecule has 0 bridgehead atoms. The molecule has 0 aromatic heterocycles. The number of hydrogen-bond donors (Lipinski definition) is 1. The molecule has 22 heavy (non-hydrogen) atoms. The van der Waals surface area contributed by atoms with Crippen LogP contribution in [0.5, 0.6) is 11.5 Å². The Balaban J connectivity index is 2.63. The molecule has 6 nitrogen and oxygen atoms in total. The Morgan fingerprint density at radius 1 is 1.36 bits per heavy atom. The number of carbonyl (C=O) groups excluding carboxylic acids is 1. The molecule has 0 aliphatic heterocycles. The summed E-state index contributed by atoms with van der Waals surface area (Å²) in [6.45, 7) is 6.98. The minimum absolute atomic E-state index is 0.303. The fourth-order valence-electron chi connectivity index (χ4n) is 1.61. The Morgan fingerprint density at radius 2 is 2.14 bits per heavy atom. The first-order valence-corrected chi connectivity index (χ1v) is 7.33. The summed E-state index contributed by atoms with van der Waals surface area (Å²) in [6.07, 6.45) is 1.91. The smallest absolute Gasteiger partial charge is 0.427 e. The normalized spacial score (nSPS) is 10.8. The predicted octanol–water partition coefficient (Wildman–Crippen LogP) is 3.20. The molecule has 122 valence electrons. The summed E-state index contributed by atoms with van der Waals surface area (Å²) < 4.78 is 15.7. The van der Waals surface area contributed by atoms with Crippen LogP contribution >= 0.6 is 0 Å². The first-order chi connectivity index (χ1) is 10.6. The number of nitrogens with one attached hydrogen (secondary N) is 1. The maximum Gasteiger partial charge on any atom is 0.427 e. The van der Waals surface area contributed by atoms with Crippen molar-refractivity contribution in [3.05, 3.63) is 23.8 Å². The Hall–Kier alpha value is -2.24. The summed E-state index contributed by atoms with van der Waals surface area (Å²) in [4.78, 5) is 11.1. The van der Waals surface area contributed by atoms with Gasteiger partial charge in [-0.2, -0.15) is 5.10 Å². The van der Waals surface area contributed by atoms with Gasteiger partial charge in [0.15, 0.2) is 11.5 Å². The van der Waals surface area contributed by atoms with E-state index in [0.29, 0.717) is 30.6 Å². The molecule has 0 saturated heterocycles. The summed E-state index contributed by atoms with van der Waals surface area (Å²) in [7, 11) is 1.59. The maximum absolute atomic E-state index is 11.1. The standard InChI is InChI=1S/C16H24N2O4/c1-5-21-16(19)18-17-11-13-6-7-14(15(10-13)20-4)22-9-8-12(2)3/h6-7,10-12H,5,8-9H2,1-4H3,(H,18,19). The highest BCUT2D eigenvalue weighted by atomic mass is 16.5. The van der Waals surface area contributed by atoms with Crippen LogP contribution in [0.4, 0.5) is 4.79 Å². The number of rotatable bonds is 8. The maximum atomic E-state index is 11.1. The van der Waals surface area contributed by atoms with Gasteiger partial charge in [0.25, 0.3) is 0 Å². The zero-order valence-corrected chi connectivity index (χ0v) is 13.6. The van der Waals surface area contributed by atoms with Gasteiger partial charge in [-0.05, 0) is 43.0 Å². The number of methoxy groups -OCH3 is 1. The number of hydrazone groups is 1. The van der Waals surface area contributed by atoms with E-state index in [1.54, 1.807) is 20.1 Å². The van der Waals surface area contributed by atoms with E-state index in [-0.39, 0.29) is 0 Å². The van der Waals surface area contributed by atoms with Crippen LogP contribution in [-0.2, 0) is 4.74 Å². The molecular formula is C16H24N2O4. The van der Waals surface area contributed by atoms with E-state index in [4.69, 9.17) is 14.2 Å². The van der Waals surface area contributed by atoms with E-state index in [9.17, 15) is 4.79 Å². The van der Waals surface area contributed by atoms with E-state index < -0.39 is 6.09 Å². The number of benzene rings is 1. The zero-order valence-electron chi connectivity index (χ0n) is 13.6. The molecule has 1 aromatic carbocycles. The lowest BCUT2D eigenvalue weighted by molar-refractivity contribution is 0.152. The lowest BCUT2D eigenvalue weighted by Gasteiger charge is -2.12. The van der Waals surface area contributed by atoms with Gasteiger partial charge in [-0.25, -0.2) is 10.2 Å². The van der Waals surface area contributed by atoms with Crippen LogP contribution in [0.25, 0.3) is 0 Å². The molecule has 1 rings (SSSR count). The van der Waals surface area contributed by atoms with Crippen molar-refractivity contribution in [3.8, 4) is 11.5 Å². The molecule has 1 N–H and O–H groups in total. The summed E-state index contributed by atoms with van der Waals surface area (Å²) in [5, 5.41) is 3.80. The van der Waals surface area contributed by atoms with Gasteiger partial charge in [0.05, 0.1) is 26.5 Å². The zero-order chi connectivity index (χ0) is 16.4. The second-order valence-electron chi connectivity index (χ2n) is 5.03. The molecule has 0 unspecified atom stereocenters. The highest BCUT2D eigenvalue weighted by molar-refractivity contribution is 5.82.